The Hall–Kier alpha value is -3.08. The molecule has 28 heavy (non-hydrogen) atoms. The molecule has 1 aromatic heterocycles. The summed E-state index contributed by atoms with van der Waals surface area (Å²) in [6.45, 7) is 12.4. The first-order valence-electron chi connectivity index (χ1n) is 9.35. The molecule has 0 saturated heterocycles. The van der Waals surface area contributed by atoms with Gasteiger partial charge in [-0.1, -0.05) is 39.0 Å². The highest BCUT2D eigenvalue weighted by molar-refractivity contribution is 5.95. The number of anilines is 2. The predicted molar refractivity (Wildman–Crippen MR) is 113 cm³/mol. The fourth-order valence-electron chi connectivity index (χ4n) is 3.05. The highest BCUT2D eigenvalue weighted by atomic mass is 16.4. The number of aryl methyl sites for hydroxylation is 3. The van der Waals surface area contributed by atoms with E-state index in [4.69, 9.17) is 5.10 Å². The van der Waals surface area contributed by atoms with Gasteiger partial charge in [0.05, 0.1) is 22.6 Å². The third-order valence-corrected chi connectivity index (χ3v) is 4.74. The minimum absolute atomic E-state index is 0.137. The zero-order chi connectivity index (χ0) is 20.6. The lowest BCUT2D eigenvalue weighted by molar-refractivity contribution is 0.0698. The number of benzene rings is 2. The van der Waals surface area contributed by atoms with Crippen LogP contribution in [-0.2, 0) is 5.41 Å². The first-order chi connectivity index (χ1) is 13.1. The van der Waals surface area contributed by atoms with E-state index < -0.39 is 5.97 Å². The van der Waals surface area contributed by atoms with Gasteiger partial charge in [-0.2, -0.15) is 5.10 Å². The Morgan fingerprint density at radius 3 is 2.29 bits per heavy atom. The number of nitrogens with zero attached hydrogens (tertiary/aromatic N) is 2. The molecule has 0 unspecified atom stereocenters. The van der Waals surface area contributed by atoms with Gasteiger partial charge in [0.1, 0.15) is 5.82 Å². The van der Waals surface area contributed by atoms with Gasteiger partial charge in [0.2, 0.25) is 0 Å². The van der Waals surface area contributed by atoms with Crippen LogP contribution in [0.15, 0.2) is 42.5 Å². The number of carbonyl (C=O) groups is 1. The van der Waals surface area contributed by atoms with E-state index in [0.29, 0.717) is 5.69 Å². The number of aromatic carboxylic acids is 1. The summed E-state index contributed by atoms with van der Waals surface area (Å²) in [6.07, 6.45) is 0. The van der Waals surface area contributed by atoms with Gasteiger partial charge in [0, 0.05) is 11.5 Å². The molecule has 0 aliphatic heterocycles. The van der Waals surface area contributed by atoms with Gasteiger partial charge < -0.3 is 10.4 Å². The number of hydrogen-bond donors (Lipinski definition) is 2. The Morgan fingerprint density at radius 2 is 1.64 bits per heavy atom. The summed E-state index contributed by atoms with van der Waals surface area (Å²) in [6, 6.07) is 13.5. The number of rotatable bonds is 4. The van der Waals surface area contributed by atoms with Crippen LogP contribution in [0.5, 0.6) is 0 Å². The number of carboxylic acids is 1. The van der Waals surface area contributed by atoms with Crippen molar-refractivity contribution in [1.82, 2.24) is 9.78 Å². The molecule has 5 heteroatoms. The number of carboxylic acid groups (broad SMARTS) is 1. The molecular weight excluding hydrogens is 350 g/mol. The van der Waals surface area contributed by atoms with Crippen LogP contribution in [0.4, 0.5) is 11.5 Å². The molecule has 0 atom stereocenters. The summed E-state index contributed by atoms with van der Waals surface area (Å²) >= 11 is 0. The third kappa shape index (κ3) is 3.93. The fraction of sp³-hybridized carbons (Fsp3) is 0.304. The highest BCUT2D eigenvalue weighted by Crippen LogP contribution is 2.31. The van der Waals surface area contributed by atoms with E-state index >= 15 is 0 Å². The maximum Gasteiger partial charge on any atom is 0.337 e. The molecule has 5 nitrogen and oxygen atoms in total. The second-order valence-corrected chi connectivity index (χ2v) is 8.35. The summed E-state index contributed by atoms with van der Waals surface area (Å²) in [5.74, 6) is -0.219. The molecule has 0 saturated carbocycles. The molecule has 0 aliphatic rings. The molecule has 2 aromatic carbocycles. The highest BCUT2D eigenvalue weighted by Gasteiger charge is 2.22. The summed E-state index contributed by atoms with van der Waals surface area (Å²) in [4.78, 5) is 11.7. The summed E-state index contributed by atoms with van der Waals surface area (Å²) < 4.78 is 1.87. The van der Waals surface area contributed by atoms with Crippen molar-refractivity contribution in [2.45, 2.75) is 47.0 Å². The normalized spacial score (nSPS) is 11.5. The van der Waals surface area contributed by atoms with E-state index in [0.717, 1.165) is 33.9 Å². The average Bonchev–Trinajstić information content (AvgIpc) is 3.01. The van der Waals surface area contributed by atoms with Crippen molar-refractivity contribution in [3.05, 3.63) is 70.4 Å². The Balaban J connectivity index is 2.19. The van der Waals surface area contributed by atoms with Gasteiger partial charge >= 0.3 is 5.97 Å². The van der Waals surface area contributed by atoms with Crippen LogP contribution >= 0.6 is 0 Å². The predicted octanol–water partition coefficient (Wildman–Crippen LogP) is 5.54. The van der Waals surface area contributed by atoms with Crippen molar-refractivity contribution >= 4 is 17.5 Å². The maximum atomic E-state index is 11.7. The van der Waals surface area contributed by atoms with Crippen molar-refractivity contribution in [2.75, 3.05) is 5.32 Å². The molecule has 0 radical (unpaired) electrons. The van der Waals surface area contributed by atoms with E-state index in [1.807, 2.05) is 37.6 Å². The largest absolute Gasteiger partial charge is 0.478 e. The second-order valence-electron chi connectivity index (χ2n) is 8.35. The van der Waals surface area contributed by atoms with Crippen LogP contribution in [0.1, 0.15) is 53.5 Å². The summed E-state index contributed by atoms with van der Waals surface area (Å²) in [7, 11) is 0. The lowest BCUT2D eigenvalue weighted by atomic mass is 9.92. The molecule has 0 fully saturated rings. The van der Waals surface area contributed by atoms with Crippen LogP contribution < -0.4 is 5.32 Å². The summed E-state index contributed by atoms with van der Waals surface area (Å²) in [5, 5.41) is 17.7. The monoisotopic (exact) mass is 377 g/mol. The van der Waals surface area contributed by atoms with Crippen molar-refractivity contribution < 1.29 is 9.90 Å². The van der Waals surface area contributed by atoms with Gasteiger partial charge in [0.15, 0.2) is 0 Å². The molecule has 3 aromatic rings. The van der Waals surface area contributed by atoms with Crippen LogP contribution in [0.25, 0.3) is 5.69 Å². The van der Waals surface area contributed by atoms with E-state index in [1.54, 1.807) is 12.1 Å². The molecular formula is C23H27N3O2. The minimum atomic E-state index is -0.962. The van der Waals surface area contributed by atoms with Crippen molar-refractivity contribution in [1.29, 1.82) is 0 Å². The molecule has 146 valence electrons. The van der Waals surface area contributed by atoms with Crippen LogP contribution in [-0.4, -0.2) is 20.9 Å². The third-order valence-electron chi connectivity index (χ3n) is 4.74. The van der Waals surface area contributed by atoms with E-state index in [-0.39, 0.29) is 11.0 Å². The zero-order valence-electron chi connectivity index (χ0n) is 17.3. The fourth-order valence-corrected chi connectivity index (χ4v) is 3.05. The Bertz CT molecular complexity index is 1040. The van der Waals surface area contributed by atoms with Crippen LogP contribution in [0.2, 0.25) is 0 Å². The molecule has 0 aliphatic carbocycles. The van der Waals surface area contributed by atoms with Gasteiger partial charge in [-0.3, -0.25) is 0 Å². The van der Waals surface area contributed by atoms with Gasteiger partial charge in [-0.25, -0.2) is 9.48 Å². The molecule has 0 bridgehead atoms. The van der Waals surface area contributed by atoms with Gasteiger partial charge in [0.25, 0.3) is 0 Å². The Morgan fingerprint density at radius 1 is 1.00 bits per heavy atom. The SMILES string of the molecule is Cc1ccc(C(=O)O)c(Nc2cc(C(C)(C)C)nn2-c2cc(C)ccc2C)c1. The maximum absolute atomic E-state index is 11.7. The Labute approximate surface area is 166 Å². The van der Waals surface area contributed by atoms with Gasteiger partial charge in [-0.05, 0) is 55.7 Å². The first-order valence-corrected chi connectivity index (χ1v) is 9.35. The second kappa shape index (κ2) is 7.15. The first kappa shape index (κ1) is 19.7. The van der Waals surface area contributed by atoms with E-state index in [2.05, 4.69) is 44.3 Å². The number of nitrogens with one attached hydrogen (secondary N) is 1. The van der Waals surface area contributed by atoms with Gasteiger partial charge in [-0.15, -0.1) is 0 Å². The Kier molecular flexibility index (Phi) is 5.02. The van der Waals surface area contributed by atoms with Crippen molar-refractivity contribution in [2.24, 2.45) is 0 Å². The standard InChI is InChI=1S/C23H27N3O2/c1-14-8-10-17(22(27)28)18(11-14)24-21-13-20(23(4,5)6)25-26(21)19-12-15(2)7-9-16(19)3/h7-13,24H,1-6H3,(H,27,28). The molecule has 3 rings (SSSR count). The van der Waals surface area contributed by atoms with E-state index in [9.17, 15) is 9.90 Å². The molecule has 0 spiro atoms. The van der Waals surface area contributed by atoms with E-state index in [1.165, 1.54) is 0 Å². The lowest BCUT2D eigenvalue weighted by Crippen LogP contribution is -2.13. The average molecular weight is 377 g/mol. The molecule has 2 N–H and O–H groups in total. The zero-order valence-corrected chi connectivity index (χ0v) is 17.3. The van der Waals surface area contributed by atoms with Crippen LogP contribution in [0, 0.1) is 20.8 Å². The quantitative estimate of drug-likeness (QED) is 0.627. The van der Waals surface area contributed by atoms with Crippen molar-refractivity contribution in [3.63, 3.8) is 0 Å². The molecule has 1 heterocycles. The molecule has 0 amide bonds. The minimum Gasteiger partial charge on any atom is -0.478 e. The topological polar surface area (TPSA) is 67.2 Å². The summed E-state index contributed by atoms with van der Waals surface area (Å²) in [5.41, 5.74) is 5.78. The number of aromatic nitrogens is 2. The smallest absolute Gasteiger partial charge is 0.337 e. The van der Waals surface area contributed by atoms with Crippen molar-refractivity contribution in [3.8, 4) is 5.69 Å². The van der Waals surface area contributed by atoms with Crippen LogP contribution in [0.3, 0.4) is 0 Å². The lowest BCUT2D eigenvalue weighted by Gasteiger charge is -2.15. The number of hydrogen-bond acceptors (Lipinski definition) is 3.